The van der Waals surface area contributed by atoms with Gasteiger partial charge in [-0.25, -0.2) is 9.55 Å². The topological polar surface area (TPSA) is 124 Å². The average molecular weight is 607 g/mol. The standard InChI is InChI=1S/C31H31N4O5P.ClH/c1-21(2)35-30(36)26-16-15-23(19-27(26)31(35)37)34-29(18-14-22-13-17-28(32)33-20-22)41(38,39-24-9-5-3-6-10-24)40-25-11-7-4-8-12-25;/h3-13,15-17,19-21,29,34H,14,18H2,1-2H3,(H2,32,33);1H. The second kappa shape index (κ2) is 13.1. The summed E-state index contributed by atoms with van der Waals surface area (Å²) in [4.78, 5) is 31.3. The third-order valence-corrected chi connectivity index (χ3v) is 8.74. The van der Waals surface area contributed by atoms with Crippen LogP contribution in [-0.2, 0) is 11.0 Å². The minimum absolute atomic E-state index is 0. The number of benzene rings is 3. The number of halogens is 1. The number of hydrogen-bond acceptors (Lipinski definition) is 8. The first-order valence-corrected chi connectivity index (χ1v) is 14.9. The minimum Gasteiger partial charge on any atom is -0.415 e. The Morgan fingerprint density at radius 2 is 1.45 bits per heavy atom. The van der Waals surface area contributed by atoms with Gasteiger partial charge in [0.1, 0.15) is 17.3 Å². The number of para-hydroxylation sites is 2. The summed E-state index contributed by atoms with van der Waals surface area (Å²) >= 11 is 0. The first-order valence-electron chi connectivity index (χ1n) is 13.3. The van der Waals surface area contributed by atoms with E-state index in [1.54, 1.807) is 92.8 Å². The van der Waals surface area contributed by atoms with Crippen LogP contribution in [0.25, 0.3) is 0 Å². The number of anilines is 2. The first-order chi connectivity index (χ1) is 19.7. The number of carbonyl (C=O) groups is 2. The number of carbonyl (C=O) groups excluding carboxylic acids is 2. The number of nitrogens with one attached hydrogen (secondary N) is 1. The van der Waals surface area contributed by atoms with Crippen molar-refractivity contribution in [3.8, 4) is 11.5 Å². The molecule has 4 aromatic rings. The molecule has 11 heteroatoms. The molecule has 5 rings (SSSR count). The molecule has 218 valence electrons. The molecule has 3 aromatic carbocycles. The molecule has 0 saturated carbocycles. The number of fused-ring (bicyclic) bond motifs is 1. The van der Waals surface area contributed by atoms with E-state index in [0.717, 1.165) is 5.56 Å². The van der Waals surface area contributed by atoms with Crippen LogP contribution in [0.5, 0.6) is 11.5 Å². The molecular formula is C31H32ClN4O5P. The van der Waals surface area contributed by atoms with Gasteiger partial charge in [0.2, 0.25) is 0 Å². The van der Waals surface area contributed by atoms with Crippen LogP contribution in [0.1, 0.15) is 46.5 Å². The lowest BCUT2D eigenvalue weighted by molar-refractivity contribution is 0.0609. The van der Waals surface area contributed by atoms with E-state index in [0.29, 0.717) is 41.4 Å². The molecule has 0 spiro atoms. The van der Waals surface area contributed by atoms with Gasteiger partial charge in [0.15, 0.2) is 5.78 Å². The van der Waals surface area contributed by atoms with Crippen LogP contribution in [-0.4, -0.2) is 33.5 Å². The van der Waals surface area contributed by atoms with Gasteiger partial charge in [-0.1, -0.05) is 42.5 Å². The summed E-state index contributed by atoms with van der Waals surface area (Å²) in [5.41, 5.74) is 7.78. The number of nitrogens with zero attached hydrogens (tertiary/aromatic N) is 2. The maximum atomic E-state index is 14.8. The molecule has 1 unspecified atom stereocenters. The second-order valence-corrected chi connectivity index (χ2v) is 12.0. The van der Waals surface area contributed by atoms with Gasteiger partial charge in [0, 0.05) is 17.9 Å². The van der Waals surface area contributed by atoms with Crippen LogP contribution in [0.4, 0.5) is 11.5 Å². The number of imide groups is 1. The molecule has 42 heavy (non-hydrogen) atoms. The molecule has 2 amide bonds. The van der Waals surface area contributed by atoms with E-state index in [4.69, 9.17) is 14.8 Å². The molecule has 1 aliphatic heterocycles. The molecule has 0 saturated heterocycles. The third kappa shape index (κ3) is 6.75. The lowest BCUT2D eigenvalue weighted by Crippen LogP contribution is -2.35. The van der Waals surface area contributed by atoms with Crippen molar-refractivity contribution < 1.29 is 23.2 Å². The largest absolute Gasteiger partial charge is 0.452 e. The van der Waals surface area contributed by atoms with Gasteiger partial charge in [0.05, 0.1) is 11.1 Å². The van der Waals surface area contributed by atoms with Gasteiger partial charge in [-0.3, -0.25) is 14.5 Å². The predicted molar refractivity (Wildman–Crippen MR) is 165 cm³/mol. The normalized spacial score (nSPS) is 13.4. The fourth-order valence-corrected chi connectivity index (χ4v) is 6.48. The van der Waals surface area contributed by atoms with Crippen molar-refractivity contribution in [3.05, 3.63) is 114 Å². The number of aromatic nitrogens is 1. The third-order valence-electron chi connectivity index (χ3n) is 6.66. The number of pyridine rings is 1. The summed E-state index contributed by atoms with van der Waals surface area (Å²) in [6, 6.07) is 25.9. The zero-order valence-corrected chi connectivity index (χ0v) is 24.9. The van der Waals surface area contributed by atoms with Crippen LogP contribution >= 0.6 is 20.0 Å². The Bertz CT molecular complexity index is 1540. The van der Waals surface area contributed by atoms with Gasteiger partial charge >= 0.3 is 7.60 Å². The molecule has 0 aliphatic carbocycles. The smallest absolute Gasteiger partial charge is 0.415 e. The van der Waals surface area contributed by atoms with E-state index in [1.807, 2.05) is 18.2 Å². The Kier molecular flexibility index (Phi) is 9.55. The monoisotopic (exact) mass is 606 g/mol. The van der Waals surface area contributed by atoms with Crippen molar-refractivity contribution in [1.29, 1.82) is 0 Å². The van der Waals surface area contributed by atoms with Gasteiger partial charge in [-0.2, -0.15) is 0 Å². The van der Waals surface area contributed by atoms with Crippen LogP contribution in [0.3, 0.4) is 0 Å². The van der Waals surface area contributed by atoms with E-state index in [9.17, 15) is 14.2 Å². The Morgan fingerprint density at radius 1 is 0.857 bits per heavy atom. The van der Waals surface area contributed by atoms with Gasteiger partial charge < -0.3 is 20.1 Å². The van der Waals surface area contributed by atoms with E-state index in [2.05, 4.69) is 10.3 Å². The molecule has 1 aromatic heterocycles. The number of aryl methyl sites for hydroxylation is 1. The summed E-state index contributed by atoms with van der Waals surface area (Å²) in [6.07, 6.45) is 2.48. The number of amides is 2. The Labute approximate surface area is 251 Å². The van der Waals surface area contributed by atoms with Gasteiger partial charge in [-0.05, 0) is 80.8 Å². The highest BCUT2D eigenvalue weighted by molar-refractivity contribution is 7.55. The fraction of sp³-hybridized carbons (Fsp3) is 0.194. The van der Waals surface area contributed by atoms with E-state index < -0.39 is 13.4 Å². The predicted octanol–water partition coefficient (Wildman–Crippen LogP) is 6.81. The molecule has 2 heterocycles. The van der Waals surface area contributed by atoms with Crippen LogP contribution in [0, 0.1) is 0 Å². The SMILES string of the molecule is CC(C)N1C(=O)c2ccc(NC(CCc3ccc(N)nc3)P(=O)(Oc3ccccc3)Oc3ccccc3)cc2C1=O.Cl. The molecular weight excluding hydrogens is 575 g/mol. The highest BCUT2D eigenvalue weighted by Crippen LogP contribution is 2.54. The van der Waals surface area contributed by atoms with Crippen LogP contribution in [0.2, 0.25) is 0 Å². The molecule has 0 radical (unpaired) electrons. The van der Waals surface area contributed by atoms with Gasteiger partial charge in [0.25, 0.3) is 11.8 Å². The summed E-state index contributed by atoms with van der Waals surface area (Å²) in [6.45, 7) is 3.59. The fourth-order valence-electron chi connectivity index (χ4n) is 4.61. The van der Waals surface area contributed by atoms with E-state index in [1.165, 1.54) is 4.90 Å². The van der Waals surface area contributed by atoms with E-state index >= 15 is 0 Å². The van der Waals surface area contributed by atoms with Crippen molar-refractivity contribution in [2.45, 2.75) is 38.5 Å². The number of nitrogens with two attached hydrogens (primary N) is 1. The van der Waals surface area contributed by atoms with Crippen molar-refractivity contribution in [1.82, 2.24) is 9.88 Å². The number of nitrogen functional groups attached to an aromatic ring is 1. The molecule has 0 bridgehead atoms. The first kappa shape index (κ1) is 30.6. The van der Waals surface area contributed by atoms with Crippen molar-refractivity contribution >= 4 is 43.3 Å². The van der Waals surface area contributed by atoms with Crippen LogP contribution < -0.4 is 20.1 Å². The van der Waals surface area contributed by atoms with Crippen molar-refractivity contribution in [2.24, 2.45) is 0 Å². The highest BCUT2D eigenvalue weighted by Gasteiger charge is 2.41. The zero-order chi connectivity index (χ0) is 29.0. The summed E-state index contributed by atoms with van der Waals surface area (Å²) in [7, 11) is -3.98. The molecule has 0 fully saturated rings. The quantitative estimate of drug-likeness (QED) is 0.141. The Hall–Kier alpha value is -4.33. The maximum Gasteiger partial charge on any atom is 0.452 e. The van der Waals surface area contributed by atoms with Crippen LogP contribution in [0.15, 0.2) is 97.2 Å². The lowest BCUT2D eigenvalue weighted by Gasteiger charge is -2.29. The zero-order valence-electron chi connectivity index (χ0n) is 23.2. The summed E-state index contributed by atoms with van der Waals surface area (Å²) in [5, 5.41) is 3.31. The van der Waals surface area contributed by atoms with Crippen molar-refractivity contribution in [3.63, 3.8) is 0 Å². The lowest BCUT2D eigenvalue weighted by atomic mass is 10.1. The Morgan fingerprint density at radius 3 is 2.00 bits per heavy atom. The molecule has 9 nitrogen and oxygen atoms in total. The summed E-state index contributed by atoms with van der Waals surface area (Å²) < 4.78 is 27.0. The molecule has 1 atom stereocenters. The van der Waals surface area contributed by atoms with E-state index in [-0.39, 0.29) is 35.8 Å². The van der Waals surface area contributed by atoms with Gasteiger partial charge in [-0.15, -0.1) is 12.4 Å². The van der Waals surface area contributed by atoms with Crippen molar-refractivity contribution in [2.75, 3.05) is 11.1 Å². The number of rotatable bonds is 11. The second-order valence-electron chi connectivity index (χ2n) is 9.97. The highest BCUT2D eigenvalue weighted by atomic mass is 35.5. The molecule has 3 N–H and O–H groups in total. The Balaban J connectivity index is 0.00000405. The molecule has 1 aliphatic rings. The maximum absolute atomic E-state index is 14.8. The number of hydrogen-bond donors (Lipinski definition) is 2. The summed E-state index contributed by atoms with van der Waals surface area (Å²) in [5.74, 6) is -0.375. The minimum atomic E-state index is -3.98. The average Bonchev–Trinajstić information content (AvgIpc) is 3.21.